The molecule has 76 valence electrons. The molecule has 0 heterocycles. The summed E-state index contributed by atoms with van der Waals surface area (Å²) in [6.45, 7) is 1.94. The third-order valence-corrected chi connectivity index (χ3v) is 2.20. The highest BCUT2D eigenvalue weighted by Crippen LogP contribution is 2.14. The van der Waals surface area contributed by atoms with E-state index in [2.05, 4.69) is 0 Å². The first kappa shape index (κ1) is 11.0. The van der Waals surface area contributed by atoms with E-state index in [1.54, 1.807) is 12.1 Å². The second-order valence-electron chi connectivity index (χ2n) is 3.24. The SMILES string of the molecule is CC(Cl)CCc1ccc([N+](=O)[O-])cc1. The average Bonchev–Trinajstić information content (AvgIpc) is 2.15. The highest BCUT2D eigenvalue weighted by atomic mass is 35.5. The Morgan fingerprint density at radius 2 is 2.00 bits per heavy atom. The molecule has 3 nitrogen and oxygen atoms in total. The van der Waals surface area contributed by atoms with Crippen molar-refractivity contribution in [3.63, 3.8) is 0 Å². The molecule has 0 aromatic heterocycles. The third kappa shape index (κ3) is 3.34. The first-order chi connectivity index (χ1) is 6.59. The summed E-state index contributed by atoms with van der Waals surface area (Å²) >= 11 is 5.80. The number of nitrogens with zero attached hydrogens (tertiary/aromatic N) is 1. The first-order valence-electron chi connectivity index (χ1n) is 4.47. The number of alkyl halides is 1. The summed E-state index contributed by atoms with van der Waals surface area (Å²) in [6.07, 6.45) is 1.75. The number of nitro groups is 1. The van der Waals surface area contributed by atoms with Gasteiger partial charge in [0.05, 0.1) is 4.92 Å². The molecule has 1 aromatic carbocycles. The molecule has 0 aliphatic carbocycles. The van der Waals surface area contributed by atoms with E-state index < -0.39 is 4.92 Å². The maximum atomic E-state index is 10.4. The summed E-state index contributed by atoms with van der Waals surface area (Å²) in [4.78, 5) is 9.97. The summed E-state index contributed by atoms with van der Waals surface area (Å²) in [6, 6.07) is 6.59. The van der Waals surface area contributed by atoms with Crippen LogP contribution >= 0.6 is 11.6 Å². The molecule has 0 saturated heterocycles. The smallest absolute Gasteiger partial charge is 0.258 e. The van der Waals surface area contributed by atoms with E-state index in [-0.39, 0.29) is 11.1 Å². The van der Waals surface area contributed by atoms with E-state index in [4.69, 9.17) is 11.6 Å². The minimum Gasteiger partial charge on any atom is -0.258 e. The molecule has 1 aromatic rings. The highest BCUT2D eigenvalue weighted by Gasteiger charge is 2.04. The number of halogens is 1. The Kier molecular flexibility index (Phi) is 3.89. The van der Waals surface area contributed by atoms with Crippen LogP contribution in [0, 0.1) is 10.1 Å². The fraction of sp³-hybridized carbons (Fsp3) is 0.400. The van der Waals surface area contributed by atoms with E-state index in [1.165, 1.54) is 12.1 Å². The number of nitro benzene ring substituents is 1. The summed E-state index contributed by atoms with van der Waals surface area (Å²) < 4.78 is 0. The van der Waals surface area contributed by atoms with Gasteiger partial charge in [-0.05, 0) is 25.3 Å². The lowest BCUT2D eigenvalue weighted by Gasteiger charge is -2.02. The van der Waals surface area contributed by atoms with Crippen molar-refractivity contribution in [2.45, 2.75) is 25.1 Å². The van der Waals surface area contributed by atoms with Crippen LogP contribution in [0.2, 0.25) is 0 Å². The van der Waals surface area contributed by atoms with Crippen LogP contribution in [0.1, 0.15) is 18.9 Å². The fourth-order valence-electron chi connectivity index (χ4n) is 1.15. The molecular weight excluding hydrogens is 202 g/mol. The number of rotatable bonds is 4. The van der Waals surface area contributed by atoms with E-state index in [1.807, 2.05) is 6.92 Å². The van der Waals surface area contributed by atoms with Gasteiger partial charge in [0.25, 0.3) is 5.69 Å². The number of aryl methyl sites for hydroxylation is 1. The largest absolute Gasteiger partial charge is 0.269 e. The molecule has 1 unspecified atom stereocenters. The number of non-ortho nitro benzene ring substituents is 1. The van der Waals surface area contributed by atoms with Gasteiger partial charge in [-0.15, -0.1) is 11.6 Å². The molecule has 0 radical (unpaired) electrons. The summed E-state index contributed by atoms with van der Waals surface area (Å²) in [5.74, 6) is 0. The Hall–Kier alpha value is -1.09. The molecule has 0 amide bonds. The minimum atomic E-state index is -0.395. The van der Waals surface area contributed by atoms with Crippen LogP contribution in [0.3, 0.4) is 0 Å². The zero-order chi connectivity index (χ0) is 10.6. The van der Waals surface area contributed by atoms with Gasteiger partial charge in [0.1, 0.15) is 0 Å². The van der Waals surface area contributed by atoms with Crippen LogP contribution in [0.5, 0.6) is 0 Å². The molecule has 0 bridgehead atoms. The van der Waals surface area contributed by atoms with Gasteiger partial charge in [0.2, 0.25) is 0 Å². The Labute approximate surface area is 87.8 Å². The highest BCUT2D eigenvalue weighted by molar-refractivity contribution is 6.20. The lowest BCUT2D eigenvalue weighted by molar-refractivity contribution is -0.384. The van der Waals surface area contributed by atoms with Gasteiger partial charge in [-0.2, -0.15) is 0 Å². The standard InChI is InChI=1S/C10H12ClNO2/c1-8(11)2-3-9-4-6-10(7-5-9)12(13)14/h4-8H,2-3H2,1H3. The normalized spacial score (nSPS) is 12.4. The van der Waals surface area contributed by atoms with Gasteiger partial charge in [-0.25, -0.2) is 0 Å². The zero-order valence-corrected chi connectivity index (χ0v) is 8.70. The van der Waals surface area contributed by atoms with Crippen LogP contribution < -0.4 is 0 Å². The average molecular weight is 214 g/mol. The van der Waals surface area contributed by atoms with Crippen molar-refractivity contribution >= 4 is 17.3 Å². The van der Waals surface area contributed by atoms with Crippen molar-refractivity contribution in [3.05, 3.63) is 39.9 Å². The van der Waals surface area contributed by atoms with Crippen molar-refractivity contribution in [2.75, 3.05) is 0 Å². The summed E-state index contributed by atoms with van der Waals surface area (Å²) in [5.41, 5.74) is 1.22. The molecule has 0 aliphatic rings. The summed E-state index contributed by atoms with van der Waals surface area (Å²) in [5, 5.41) is 10.5. The predicted molar refractivity (Wildman–Crippen MR) is 56.7 cm³/mol. The van der Waals surface area contributed by atoms with Crippen LogP contribution in [-0.4, -0.2) is 10.3 Å². The molecule has 1 atom stereocenters. The van der Waals surface area contributed by atoms with Crippen molar-refractivity contribution < 1.29 is 4.92 Å². The number of benzene rings is 1. The molecule has 0 spiro atoms. The lowest BCUT2D eigenvalue weighted by atomic mass is 10.1. The van der Waals surface area contributed by atoms with Gasteiger partial charge in [0.15, 0.2) is 0 Å². The van der Waals surface area contributed by atoms with Crippen molar-refractivity contribution in [3.8, 4) is 0 Å². The predicted octanol–water partition coefficient (Wildman–Crippen LogP) is 3.15. The van der Waals surface area contributed by atoms with Crippen LogP contribution in [0.4, 0.5) is 5.69 Å². The van der Waals surface area contributed by atoms with Crippen LogP contribution in [-0.2, 0) is 6.42 Å². The topological polar surface area (TPSA) is 43.1 Å². The van der Waals surface area contributed by atoms with E-state index in [0.717, 1.165) is 18.4 Å². The van der Waals surface area contributed by atoms with Crippen LogP contribution in [0.15, 0.2) is 24.3 Å². The number of hydrogen-bond acceptors (Lipinski definition) is 2. The van der Waals surface area contributed by atoms with E-state index in [9.17, 15) is 10.1 Å². The Bertz CT molecular complexity index is 308. The van der Waals surface area contributed by atoms with Gasteiger partial charge in [-0.1, -0.05) is 12.1 Å². The van der Waals surface area contributed by atoms with Gasteiger partial charge in [0, 0.05) is 17.5 Å². The second-order valence-corrected chi connectivity index (χ2v) is 3.99. The lowest BCUT2D eigenvalue weighted by Crippen LogP contribution is -1.95. The van der Waals surface area contributed by atoms with Gasteiger partial charge >= 0.3 is 0 Å². The summed E-state index contributed by atoms with van der Waals surface area (Å²) in [7, 11) is 0. The molecule has 1 rings (SSSR count). The van der Waals surface area contributed by atoms with Crippen LogP contribution in [0.25, 0.3) is 0 Å². The van der Waals surface area contributed by atoms with E-state index in [0.29, 0.717) is 0 Å². The Balaban J connectivity index is 2.60. The second kappa shape index (κ2) is 4.96. The zero-order valence-electron chi connectivity index (χ0n) is 7.94. The monoisotopic (exact) mass is 213 g/mol. The fourth-order valence-corrected chi connectivity index (χ4v) is 1.26. The Morgan fingerprint density at radius 3 is 2.43 bits per heavy atom. The molecule has 0 N–H and O–H groups in total. The van der Waals surface area contributed by atoms with Gasteiger partial charge in [-0.3, -0.25) is 10.1 Å². The van der Waals surface area contributed by atoms with Gasteiger partial charge < -0.3 is 0 Å². The maximum Gasteiger partial charge on any atom is 0.269 e. The van der Waals surface area contributed by atoms with Crippen molar-refractivity contribution in [1.29, 1.82) is 0 Å². The molecule has 0 fully saturated rings. The molecule has 4 heteroatoms. The maximum absolute atomic E-state index is 10.4. The first-order valence-corrected chi connectivity index (χ1v) is 4.90. The molecular formula is C10H12ClNO2. The Morgan fingerprint density at radius 1 is 1.43 bits per heavy atom. The molecule has 0 saturated carbocycles. The molecule has 14 heavy (non-hydrogen) atoms. The minimum absolute atomic E-state index is 0.132. The third-order valence-electron chi connectivity index (χ3n) is 1.98. The van der Waals surface area contributed by atoms with Crippen molar-refractivity contribution in [2.24, 2.45) is 0 Å². The van der Waals surface area contributed by atoms with E-state index >= 15 is 0 Å². The number of hydrogen-bond donors (Lipinski definition) is 0. The van der Waals surface area contributed by atoms with Crippen molar-refractivity contribution in [1.82, 2.24) is 0 Å². The molecule has 0 aliphatic heterocycles. The quantitative estimate of drug-likeness (QED) is 0.438.